The molecule has 0 spiro atoms. The summed E-state index contributed by atoms with van der Waals surface area (Å²) < 4.78 is 63.7. The molecule has 0 saturated carbocycles. The number of hydrogen-bond donors (Lipinski definition) is 2. The lowest BCUT2D eigenvalue weighted by Crippen LogP contribution is -2.09. The van der Waals surface area contributed by atoms with Gasteiger partial charge in [-0.2, -0.15) is 13.2 Å². The summed E-state index contributed by atoms with van der Waals surface area (Å²) >= 11 is 0. The summed E-state index contributed by atoms with van der Waals surface area (Å²) in [5.41, 5.74) is 4.05. The molecule has 0 unspecified atom stereocenters. The highest BCUT2D eigenvalue weighted by Gasteiger charge is 2.33. The number of nitrogens with two attached hydrogens (primary N) is 1. The lowest BCUT2D eigenvalue weighted by Gasteiger charge is -2.13. The summed E-state index contributed by atoms with van der Waals surface area (Å²) in [6.07, 6.45) is -4.59. The topological polar surface area (TPSA) is 38.0 Å². The van der Waals surface area contributed by atoms with Crippen molar-refractivity contribution in [1.29, 1.82) is 0 Å². The standard InChI is InChI=1S/C13H9F5N2/c14-10-3-1-8(6-11(10)15)20-7-2-4-12(19)9(5-7)13(16,17)18/h1-6,20H,19H2. The van der Waals surface area contributed by atoms with E-state index < -0.39 is 29.1 Å². The van der Waals surface area contributed by atoms with Gasteiger partial charge in [0.25, 0.3) is 0 Å². The predicted octanol–water partition coefficient (Wildman–Crippen LogP) is 4.31. The molecule has 3 N–H and O–H groups in total. The Labute approximate surface area is 111 Å². The first-order chi connectivity index (χ1) is 9.27. The van der Waals surface area contributed by atoms with Crippen LogP contribution in [0.3, 0.4) is 0 Å². The van der Waals surface area contributed by atoms with Crippen LogP contribution in [0.15, 0.2) is 36.4 Å². The van der Waals surface area contributed by atoms with Gasteiger partial charge in [0, 0.05) is 23.1 Å². The van der Waals surface area contributed by atoms with E-state index in [4.69, 9.17) is 5.73 Å². The highest BCUT2D eigenvalue weighted by atomic mass is 19.4. The molecule has 0 fully saturated rings. The third-order valence-electron chi connectivity index (χ3n) is 2.57. The number of anilines is 3. The summed E-state index contributed by atoms with van der Waals surface area (Å²) in [5.74, 6) is -2.13. The van der Waals surface area contributed by atoms with Crippen molar-refractivity contribution in [1.82, 2.24) is 0 Å². The monoisotopic (exact) mass is 288 g/mol. The van der Waals surface area contributed by atoms with Gasteiger partial charge in [0.2, 0.25) is 0 Å². The predicted molar refractivity (Wildman–Crippen MR) is 65.5 cm³/mol. The Kier molecular flexibility index (Phi) is 3.52. The van der Waals surface area contributed by atoms with Crippen LogP contribution in [0.4, 0.5) is 39.0 Å². The van der Waals surface area contributed by atoms with Crippen molar-refractivity contribution in [2.75, 3.05) is 11.1 Å². The molecular formula is C13H9F5N2. The number of rotatable bonds is 2. The van der Waals surface area contributed by atoms with Gasteiger partial charge >= 0.3 is 6.18 Å². The zero-order valence-corrected chi connectivity index (χ0v) is 9.93. The molecule has 2 nitrogen and oxygen atoms in total. The van der Waals surface area contributed by atoms with Gasteiger partial charge < -0.3 is 11.1 Å². The number of benzene rings is 2. The van der Waals surface area contributed by atoms with E-state index in [0.717, 1.165) is 24.3 Å². The van der Waals surface area contributed by atoms with Gasteiger partial charge in [0.1, 0.15) is 0 Å². The molecule has 2 aromatic carbocycles. The first-order valence-electron chi connectivity index (χ1n) is 5.46. The van der Waals surface area contributed by atoms with Gasteiger partial charge in [-0.25, -0.2) is 8.78 Å². The molecule has 0 aliphatic carbocycles. The highest BCUT2D eigenvalue weighted by molar-refractivity contribution is 5.65. The summed E-state index contributed by atoms with van der Waals surface area (Å²) in [5, 5.41) is 2.55. The summed E-state index contributed by atoms with van der Waals surface area (Å²) in [7, 11) is 0. The molecule has 2 aromatic rings. The fourth-order valence-corrected chi connectivity index (χ4v) is 1.62. The lowest BCUT2D eigenvalue weighted by molar-refractivity contribution is -0.136. The van der Waals surface area contributed by atoms with Crippen LogP contribution < -0.4 is 11.1 Å². The summed E-state index contributed by atoms with van der Waals surface area (Å²) in [4.78, 5) is 0. The van der Waals surface area contributed by atoms with Crippen LogP contribution in [-0.4, -0.2) is 0 Å². The molecular weight excluding hydrogens is 279 g/mol. The molecule has 7 heteroatoms. The first-order valence-corrected chi connectivity index (χ1v) is 5.46. The Hall–Kier alpha value is -2.31. The van der Waals surface area contributed by atoms with Gasteiger partial charge in [-0.05, 0) is 30.3 Å². The highest BCUT2D eigenvalue weighted by Crippen LogP contribution is 2.35. The quantitative estimate of drug-likeness (QED) is 0.638. The van der Waals surface area contributed by atoms with Crippen molar-refractivity contribution in [2.45, 2.75) is 6.18 Å². The van der Waals surface area contributed by atoms with Crippen LogP contribution in [0.2, 0.25) is 0 Å². The van der Waals surface area contributed by atoms with Crippen molar-refractivity contribution in [3.05, 3.63) is 53.6 Å². The van der Waals surface area contributed by atoms with E-state index in [2.05, 4.69) is 5.32 Å². The number of halogens is 5. The van der Waals surface area contributed by atoms with Crippen molar-refractivity contribution >= 4 is 17.1 Å². The molecule has 0 heterocycles. The Morgan fingerprint density at radius 2 is 1.45 bits per heavy atom. The average molecular weight is 288 g/mol. The first kappa shape index (κ1) is 14.1. The third-order valence-corrected chi connectivity index (χ3v) is 2.57. The zero-order chi connectivity index (χ0) is 14.9. The molecule has 0 radical (unpaired) electrons. The zero-order valence-electron chi connectivity index (χ0n) is 9.93. The molecule has 0 bridgehead atoms. The lowest BCUT2D eigenvalue weighted by atomic mass is 10.1. The molecule has 0 aliphatic heterocycles. The van der Waals surface area contributed by atoms with E-state index in [1.807, 2.05) is 0 Å². The van der Waals surface area contributed by atoms with Gasteiger partial charge in [-0.3, -0.25) is 0 Å². The molecule has 2 rings (SSSR count). The number of nitrogen functional groups attached to an aromatic ring is 1. The third kappa shape index (κ3) is 2.98. The van der Waals surface area contributed by atoms with Crippen LogP contribution in [0.1, 0.15) is 5.56 Å². The molecule has 0 aliphatic rings. The smallest absolute Gasteiger partial charge is 0.398 e. The Bertz CT molecular complexity index is 637. The number of alkyl halides is 3. The molecule has 0 amide bonds. The molecule has 0 atom stereocenters. The summed E-state index contributed by atoms with van der Waals surface area (Å²) in [6.45, 7) is 0. The average Bonchev–Trinajstić information content (AvgIpc) is 2.35. The fraction of sp³-hybridized carbons (Fsp3) is 0.0769. The second-order valence-electron chi connectivity index (χ2n) is 4.05. The van der Waals surface area contributed by atoms with Crippen LogP contribution >= 0.6 is 0 Å². The van der Waals surface area contributed by atoms with E-state index in [1.165, 1.54) is 12.1 Å². The Balaban J connectivity index is 2.32. The minimum absolute atomic E-state index is 0.0672. The van der Waals surface area contributed by atoms with Crippen LogP contribution in [0, 0.1) is 11.6 Å². The molecule has 20 heavy (non-hydrogen) atoms. The maximum absolute atomic E-state index is 13.0. The van der Waals surface area contributed by atoms with Crippen molar-refractivity contribution in [3.8, 4) is 0 Å². The van der Waals surface area contributed by atoms with E-state index in [9.17, 15) is 22.0 Å². The number of nitrogens with one attached hydrogen (secondary N) is 1. The van der Waals surface area contributed by atoms with Crippen molar-refractivity contribution in [2.24, 2.45) is 0 Å². The van der Waals surface area contributed by atoms with Gasteiger partial charge in [-0.1, -0.05) is 0 Å². The Morgan fingerprint density at radius 1 is 0.850 bits per heavy atom. The van der Waals surface area contributed by atoms with Gasteiger partial charge in [0.15, 0.2) is 11.6 Å². The SMILES string of the molecule is Nc1ccc(Nc2ccc(F)c(F)c2)cc1C(F)(F)F. The maximum atomic E-state index is 13.0. The number of hydrogen-bond acceptors (Lipinski definition) is 2. The van der Waals surface area contributed by atoms with Crippen molar-refractivity contribution in [3.63, 3.8) is 0 Å². The Morgan fingerprint density at radius 3 is 2.05 bits per heavy atom. The van der Waals surface area contributed by atoms with Gasteiger partial charge in [0.05, 0.1) is 5.56 Å². The molecule has 106 valence electrons. The second-order valence-corrected chi connectivity index (χ2v) is 4.05. The minimum Gasteiger partial charge on any atom is -0.398 e. The van der Waals surface area contributed by atoms with Gasteiger partial charge in [-0.15, -0.1) is 0 Å². The minimum atomic E-state index is -4.59. The largest absolute Gasteiger partial charge is 0.418 e. The molecule has 0 saturated heterocycles. The second kappa shape index (κ2) is 4.99. The van der Waals surface area contributed by atoms with Crippen molar-refractivity contribution < 1.29 is 22.0 Å². The fourth-order valence-electron chi connectivity index (χ4n) is 1.62. The molecule has 0 aromatic heterocycles. The van der Waals surface area contributed by atoms with Crippen LogP contribution in [0.25, 0.3) is 0 Å². The maximum Gasteiger partial charge on any atom is 0.418 e. The normalized spacial score (nSPS) is 11.4. The summed E-state index contributed by atoms with van der Waals surface area (Å²) in [6, 6.07) is 6.13. The van der Waals surface area contributed by atoms with Crippen LogP contribution in [-0.2, 0) is 6.18 Å². The van der Waals surface area contributed by atoms with E-state index in [-0.39, 0.29) is 11.4 Å². The van der Waals surface area contributed by atoms with E-state index in [1.54, 1.807) is 0 Å². The van der Waals surface area contributed by atoms with E-state index >= 15 is 0 Å². The van der Waals surface area contributed by atoms with E-state index in [0.29, 0.717) is 0 Å². The van der Waals surface area contributed by atoms with Crippen LogP contribution in [0.5, 0.6) is 0 Å².